The van der Waals surface area contributed by atoms with Crippen molar-refractivity contribution in [3.63, 3.8) is 0 Å². The molecule has 0 radical (unpaired) electrons. The fourth-order valence-electron chi connectivity index (χ4n) is 2.01. The zero-order valence-electron chi connectivity index (χ0n) is 13.9. The SMILES string of the molecule is CCNC(=NCC(C)c1ccccc1OC)NCCSC.I. The molecule has 1 aromatic rings. The minimum atomic E-state index is 0. The Balaban J connectivity index is 0.00000441. The highest BCUT2D eigenvalue weighted by Gasteiger charge is 2.10. The van der Waals surface area contributed by atoms with Crippen molar-refractivity contribution in [2.24, 2.45) is 4.99 Å². The third kappa shape index (κ3) is 7.58. The van der Waals surface area contributed by atoms with Crippen LogP contribution in [0, 0.1) is 0 Å². The predicted molar refractivity (Wildman–Crippen MR) is 109 cm³/mol. The maximum absolute atomic E-state index is 5.42. The molecule has 0 aliphatic rings. The van der Waals surface area contributed by atoms with Crippen LogP contribution in [0.2, 0.25) is 0 Å². The molecule has 0 saturated heterocycles. The Bertz CT molecular complexity index is 443. The highest BCUT2D eigenvalue weighted by atomic mass is 127. The van der Waals surface area contributed by atoms with Gasteiger partial charge in [0, 0.05) is 31.3 Å². The number of nitrogens with zero attached hydrogens (tertiary/aromatic N) is 1. The molecule has 6 heteroatoms. The summed E-state index contributed by atoms with van der Waals surface area (Å²) < 4.78 is 5.42. The molecule has 1 rings (SSSR count). The summed E-state index contributed by atoms with van der Waals surface area (Å²) in [4.78, 5) is 4.67. The third-order valence-corrected chi connectivity index (χ3v) is 3.75. The molecule has 0 saturated carbocycles. The number of guanidine groups is 1. The van der Waals surface area contributed by atoms with Crippen LogP contribution in [0.15, 0.2) is 29.3 Å². The first-order chi connectivity index (χ1) is 10.2. The molecule has 1 unspecified atom stereocenters. The first-order valence-electron chi connectivity index (χ1n) is 7.36. The average molecular weight is 437 g/mol. The van der Waals surface area contributed by atoms with Crippen molar-refractivity contribution < 1.29 is 4.74 Å². The summed E-state index contributed by atoms with van der Waals surface area (Å²) in [5.41, 5.74) is 1.20. The number of para-hydroxylation sites is 1. The molecule has 1 atom stereocenters. The minimum absolute atomic E-state index is 0. The van der Waals surface area contributed by atoms with Gasteiger partial charge >= 0.3 is 0 Å². The normalized spacial score (nSPS) is 12.3. The van der Waals surface area contributed by atoms with Crippen molar-refractivity contribution in [3.8, 4) is 5.75 Å². The summed E-state index contributed by atoms with van der Waals surface area (Å²) in [5, 5.41) is 6.62. The maximum atomic E-state index is 5.42. The zero-order chi connectivity index (χ0) is 15.5. The van der Waals surface area contributed by atoms with Crippen LogP contribution in [0.3, 0.4) is 0 Å². The summed E-state index contributed by atoms with van der Waals surface area (Å²) in [6.07, 6.45) is 2.11. The molecule has 0 aliphatic carbocycles. The standard InChI is InChI=1S/C16H27N3OS.HI/c1-5-17-16(18-10-11-21-4)19-12-13(2)14-8-6-7-9-15(14)20-3;/h6-9,13H,5,10-12H2,1-4H3,(H2,17,18,19);1H. The number of rotatable bonds is 8. The molecule has 0 bridgehead atoms. The van der Waals surface area contributed by atoms with Crippen LogP contribution < -0.4 is 15.4 Å². The summed E-state index contributed by atoms with van der Waals surface area (Å²) in [5.74, 6) is 3.21. The second-order valence-electron chi connectivity index (χ2n) is 4.78. The van der Waals surface area contributed by atoms with Gasteiger partial charge in [-0.2, -0.15) is 11.8 Å². The number of hydrogen-bond acceptors (Lipinski definition) is 3. The molecular weight excluding hydrogens is 409 g/mol. The fourth-order valence-corrected chi connectivity index (χ4v) is 2.32. The van der Waals surface area contributed by atoms with Crippen LogP contribution in [0.4, 0.5) is 0 Å². The maximum Gasteiger partial charge on any atom is 0.191 e. The van der Waals surface area contributed by atoms with Gasteiger partial charge in [-0.15, -0.1) is 24.0 Å². The number of hydrogen-bond donors (Lipinski definition) is 2. The van der Waals surface area contributed by atoms with Crippen molar-refractivity contribution >= 4 is 41.7 Å². The molecule has 0 spiro atoms. The number of halogens is 1. The van der Waals surface area contributed by atoms with Crippen LogP contribution in [0.5, 0.6) is 5.75 Å². The van der Waals surface area contributed by atoms with Crippen molar-refractivity contribution in [2.75, 3.05) is 38.8 Å². The summed E-state index contributed by atoms with van der Waals surface area (Å²) in [6, 6.07) is 8.14. The first-order valence-corrected chi connectivity index (χ1v) is 8.76. The van der Waals surface area contributed by atoms with Crippen LogP contribution in [0.1, 0.15) is 25.3 Å². The Morgan fingerprint density at radius 3 is 2.68 bits per heavy atom. The number of methoxy groups -OCH3 is 1. The molecule has 0 aromatic heterocycles. The Morgan fingerprint density at radius 1 is 1.32 bits per heavy atom. The Labute approximate surface area is 155 Å². The molecule has 22 heavy (non-hydrogen) atoms. The quantitative estimate of drug-likeness (QED) is 0.284. The highest BCUT2D eigenvalue weighted by Crippen LogP contribution is 2.26. The molecule has 0 aliphatic heterocycles. The van der Waals surface area contributed by atoms with Gasteiger partial charge in [-0.1, -0.05) is 25.1 Å². The van der Waals surface area contributed by atoms with Crippen LogP contribution in [-0.4, -0.2) is 44.7 Å². The molecular formula is C16H28IN3OS. The lowest BCUT2D eigenvalue weighted by Gasteiger charge is -2.15. The lowest BCUT2D eigenvalue weighted by molar-refractivity contribution is 0.407. The van der Waals surface area contributed by atoms with Crippen molar-refractivity contribution in [3.05, 3.63) is 29.8 Å². The van der Waals surface area contributed by atoms with E-state index in [0.29, 0.717) is 5.92 Å². The minimum Gasteiger partial charge on any atom is -0.496 e. The molecule has 4 nitrogen and oxygen atoms in total. The Hall–Kier alpha value is -0.630. The molecule has 0 amide bonds. The van der Waals surface area contributed by atoms with Gasteiger partial charge in [-0.25, -0.2) is 0 Å². The van der Waals surface area contributed by atoms with E-state index in [2.05, 4.69) is 41.8 Å². The number of nitrogens with one attached hydrogen (secondary N) is 2. The highest BCUT2D eigenvalue weighted by molar-refractivity contribution is 14.0. The fraction of sp³-hybridized carbons (Fsp3) is 0.562. The van der Waals surface area contributed by atoms with E-state index >= 15 is 0 Å². The Morgan fingerprint density at radius 2 is 2.05 bits per heavy atom. The smallest absolute Gasteiger partial charge is 0.191 e. The van der Waals surface area contributed by atoms with Gasteiger partial charge in [-0.3, -0.25) is 4.99 Å². The number of thioether (sulfide) groups is 1. The molecule has 126 valence electrons. The summed E-state index contributed by atoms with van der Waals surface area (Å²) in [6.45, 7) is 6.78. The molecule has 2 N–H and O–H groups in total. The summed E-state index contributed by atoms with van der Waals surface area (Å²) >= 11 is 1.83. The van der Waals surface area contributed by atoms with Crippen molar-refractivity contribution in [1.82, 2.24) is 10.6 Å². The topological polar surface area (TPSA) is 45.7 Å². The van der Waals surface area contributed by atoms with Gasteiger partial charge in [0.2, 0.25) is 0 Å². The van der Waals surface area contributed by atoms with Gasteiger partial charge < -0.3 is 15.4 Å². The predicted octanol–water partition coefficient (Wildman–Crippen LogP) is 3.33. The van der Waals surface area contributed by atoms with E-state index in [-0.39, 0.29) is 24.0 Å². The van der Waals surface area contributed by atoms with E-state index < -0.39 is 0 Å². The number of benzene rings is 1. The van der Waals surface area contributed by atoms with Gasteiger partial charge in [0.15, 0.2) is 5.96 Å². The van der Waals surface area contributed by atoms with Gasteiger partial charge in [-0.05, 0) is 24.8 Å². The van der Waals surface area contributed by atoms with Crippen molar-refractivity contribution in [2.45, 2.75) is 19.8 Å². The number of ether oxygens (including phenoxy) is 1. The van der Waals surface area contributed by atoms with Gasteiger partial charge in [0.05, 0.1) is 7.11 Å². The van der Waals surface area contributed by atoms with Crippen LogP contribution >= 0.6 is 35.7 Å². The molecule has 0 heterocycles. The monoisotopic (exact) mass is 437 g/mol. The number of aliphatic imine (C=N–C) groups is 1. The van der Waals surface area contributed by atoms with Gasteiger partial charge in [0.1, 0.15) is 5.75 Å². The lowest BCUT2D eigenvalue weighted by Crippen LogP contribution is -2.38. The van der Waals surface area contributed by atoms with E-state index in [0.717, 1.165) is 37.1 Å². The van der Waals surface area contributed by atoms with Gasteiger partial charge in [0.25, 0.3) is 0 Å². The van der Waals surface area contributed by atoms with Crippen LogP contribution in [-0.2, 0) is 0 Å². The lowest BCUT2D eigenvalue weighted by atomic mass is 10.0. The van der Waals surface area contributed by atoms with Crippen molar-refractivity contribution in [1.29, 1.82) is 0 Å². The second kappa shape index (κ2) is 12.9. The van der Waals surface area contributed by atoms with E-state index in [1.54, 1.807) is 7.11 Å². The Kier molecular flexibility index (Phi) is 12.5. The van der Waals surface area contributed by atoms with E-state index in [9.17, 15) is 0 Å². The molecule has 1 aromatic carbocycles. The van der Waals surface area contributed by atoms with E-state index in [1.807, 2.05) is 30.0 Å². The summed E-state index contributed by atoms with van der Waals surface area (Å²) in [7, 11) is 1.71. The van der Waals surface area contributed by atoms with Crippen LogP contribution in [0.25, 0.3) is 0 Å². The zero-order valence-corrected chi connectivity index (χ0v) is 17.0. The first kappa shape index (κ1) is 21.4. The second-order valence-corrected chi connectivity index (χ2v) is 5.77. The van der Waals surface area contributed by atoms with E-state index in [4.69, 9.17) is 4.74 Å². The van der Waals surface area contributed by atoms with E-state index in [1.165, 1.54) is 5.56 Å². The average Bonchev–Trinajstić information content (AvgIpc) is 2.52. The third-order valence-electron chi connectivity index (χ3n) is 3.14. The largest absolute Gasteiger partial charge is 0.496 e. The molecule has 0 fully saturated rings.